The van der Waals surface area contributed by atoms with E-state index in [1.54, 1.807) is 31.1 Å². The largest absolute Gasteiger partial charge is 0.393 e. The third kappa shape index (κ3) is 3.12. The van der Waals surface area contributed by atoms with Gasteiger partial charge in [-0.05, 0) is 19.8 Å². The Labute approximate surface area is 134 Å². The summed E-state index contributed by atoms with van der Waals surface area (Å²) in [6.07, 6.45) is 4.37. The van der Waals surface area contributed by atoms with E-state index in [2.05, 4.69) is 20.4 Å². The number of nitrogens with zero attached hydrogens (tertiary/aromatic N) is 5. The second-order valence-corrected chi connectivity index (χ2v) is 6.25. The molecule has 1 fully saturated rings. The number of aliphatic hydroxyl groups excluding tert-OH is 1. The number of rotatable bonds is 4. The Kier molecular flexibility index (Phi) is 4.16. The quantitative estimate of drug-likeness (QED) is 0.835. The summed E-state index contributed by atoms with van der Waals surface area (Å²) in [6, 6.07) is 0. The Bertz CT molecular complexity index is 753. The normalized spacial score (nSPS) is 24.1. The zero-order valence-electron chi connectivity index (χ0n) is 13.6. The number of hydrogen-bond acceptors (Lipinski definition) is 6. The van der Waals surface area contributed by atoms with E-state index in [1.165, 1.54) is 4.68 Å². The maximum Gasteiger partial charge on any atom is 0.345 e. The van der Waals surface area contributed by atoms with Gasteiger partial charge in [0.25, 0.3) is 0 Å². The van der Waals surface area contributed by atoms with Gasteiger partial charge in [0, 0.05) is 38.7 Å². The van der Waals surface area contributed by atoms with E-state index in [0.29, 0.717) is 18.8 Å². The molecule has 8 nitrogen and oxygen atoms in total. The first-order chi connectivity index (χ1) is 11.0. The SMILES string of the molecule is Cc1cncc(NC[C@H]2C[C@H](c3nn(C)c(=O)n3C)C[C@H]2O)n1. The fraction of sp³-hybridized carbons (Fsp3) is 0.600. The van der Waals surface area contributed by atoms with E-state index in [-0.39, 0.29) is 17.5 Å². The first kappa shape index (κ1) is 15.7. The van der Waals surface area contributed by atoms with Crippen LogP contribution in [-0.2, 0) is 14.1 Å². The van der Waals surface area contributed by atoms with Crippen molar-refractivity contribution in [2.24, 2.45) is 20.0 Å². The van der Waals surface area contributed by atoms with E-state index < -0.39 is 6.10 Å². The first-order valence-electron chi connectivity index (χ1n) is 7.76. The summed E-state index contributed by atoms with van der Waals surface area (Å²) in [6.45, 7) is 2.51. The average Bonchev–Trinajstić information content (AvgIpc) is 3.00. The number of nitrogens with one attached hydrogen (secondary N) is 1. The van der Waals surface area contributed by atoms with Crippen molar-refractivity contribution in [1.29, 1.82) is 0 Å². The van der Waals surface area contributed by atoms with Crippen LogP contribution in [0.1, 0.15) is 30.3 Å². The second kappa shape index (κ2) is 6.11. The minimum Gasteiger partial charge on any atom is -0.393 e. The van der Waals surface area contributed by atoms with Crippen LogP contribution in [0.25, 0.3) is 0 Å². The molecule has 0 unspecified atom stereocenters. The predicted octanol–water partition coefficient (Wildman–Crippen LogP) is 0.184. The third-order valence-corrected chi connectivity index (χ3v) is 4.48. The average molecular weight is 318 g/mol. The molecule has 1 saturated carbocycles. The van der Waals surface area contributed by atoms with Gasteiger partial charge >= 0.3 is 5.69 Å². The number of hydrogen-bond donors (Lipinski definition) is 2. The van der Waals surface area contributed by atoms with Crippen molar-refractivity contribution in [2.75, 3.05) is 11.9 Å². The summed E-state index contributed by atoms with van der Waals surface area (Å²) < 4.78 is 2.91. The standard InChI is InChI=1S/C15H22N6O2/c1-9-6-16-8-13(18-9)17-7-11-4-10(5-12(11)22)14-19-21(3)15(23)20(14)2/h6,8,10-12,22H,4-5,7H2,1-3H3,(H,17,18)/t10-,11+,12+/m0/s1. The molecule has 0 aliphatic heterocycles. The maximum atomic E-state index is 11.8. The molecule has 3 rings (SSSR count). The molecule has 0 bridgehead atoms. The highest BCUT2D eigenvalue weighted by molar-refractivity contribution is 5.31. The Morgan fingerprint density at radius 1 is 1.35 bits per heavy atom. The monoisotopic (exact) mass is 318 g/mol. The van der Waals surface area contributed by atoms with Crippen LogP contribution in [0.15, 0.2) is 17.2 Å². The minimum absolute atomic E-state index is 0.0966. The molecule has 2 aromatic heterocycles. The number of aryl methyl sites for hydroxylation is 2. The zero-order valence-corrected chi connectivity index (χ0v) is 13.6. The number of aliphatic hydroxyl groups is 1. The van der Waals surface area contributed by atoms with Crippen LogP contribution in [0.3, 0.4) is 0 Å². The highest BCUT2D eigenvalue weighted by atomic mass is 16.3. The van der Waals surface area contributed by atoms with Crippen LogP contribution >= 0.6 is 0 Å². The van der Waals surface area contributed by atoms with Gasteiger partial charge in [0.1, 0.15) is 11.6 Å². The summed E-state index contributed by atoms with van der Waals surface area (Å²) >= 11 is 0. The predicted molar refractivity (Wildman–Crippen MR) is 85.2 cm³/mol. The molecule has 2 N–H and O–H groups in total. The Hall–Kier alpha value is -2.22. The van der Waals surface area contributed by atoms with E-state index in [1.807, 2.05) is 6.92 Å². The van der Waals surface area contributed by atoms with E-state index in [9.17, 15) is 9.90 Å². The van der Waals surface area contributed by atoms with Gasteiger partial charge in [0.2, 0.25) is 0 Å². The smallest absolute Gasteiger partial charge is 0.345 e. The van der Waals surface area contributed by atoms with Crippen molar-refractivity contribution in [3.63, 3.8) is 0 Å². The lowest BCUT2D eigenvalue weighted by atomic mass is 10.0. The molecule has 1 aliphatic carbocycles. The lowest BCUT2D eigenvalue weighted by Gasteiger charge is -2.15. The lowest BCUT2D eigenvalue weighted by molar-refractivity contribution is 0.137. The fourth-order valence-corrected chi connectivity index (χ4v) is 3.25. The first-order valence-corrected chi connectivity index (χ1v) is 7.76. The van der Waals surface area contributed by atoms with E-state index >= 15 is 0 Å². The second-order valence-electron chi connectivity index (χ2n) is 6.25. The van der Waals surface area contributed by atoms with Gasteiger partial charge < -0.3 is 10.4 Å². The molecule has 0 spiro atoms. The lowest BCUT2D eigenvalue weighted by Crippen LogP contribution is -2.22. The van der Waals surface area contributed by atoms with Gasteiger partial charge in [0.05, 0.1) is 18.0 Å². The minimum atomic E-state index is -0.414. The molecule has 2 heterocycles. The third-order valence-electron chi connectivity index (χ3n) is 4.48. The molecule has 0 saturated heterocycles. The van der Waals surface area contributed by atoms with Crippen LogP contribution in [0.5, 0.6) is 0 Å². The van der Waals surface area contributed by atoms with Gasteiger partial charge in [-0.2, -0.15) is 5.10 Å². The molecule has 23 heavy (non-hydrogen) atoms. The van der Waals surface area contributed by atoms with Crippen molar-refractivity contribution in [3.05, 3.63) is 34.4 Å². The van der Waals surface area contributed by atoms with Crippen LogP contribution in [0.2, 0.25) is 0 Å². The van der Waals surface area contributed by atoms with Crippen LogP contribution in [0, 0.1) is 12.8 Å². The molecular formula is C15H22N6O2. The molecular weight excluding hydrogens is 296 g/mol. The highest BCUT2D eigenvalue weighted by Gasteiger charge is 2.36. The van der Waals surface area contributed by atoms with Crippen molar-refractivity contribution in [2.45, 2.75) is 31.8 Å². The van der Waals surface area contributed by atoms with Crippen LogP contribution in [0.4, 0.5) is 5.82 Å². The Morgan fingerprint density at radius 2 is 2.13 bits per heavy atom. The van der Waals surface area contributed by atoms with E-state index in [4.69, 9.17) is 0 Å². The van der Waals surface area contributed by atoms with Crippen LogP contribution < -0.4 is 11.0 Å². The molecule has 2 aromatic rings. The van der Waals surface area contributed by atoms with Gasteiger partial charge in [0.15, 0.2) is 0 Å². The summed E-state index contributed by atoms with van der Waals surface area (Å²) in [4.78, 5) is 20.3. The Balaban J connectivity index is 1.66. The fourth-order valence-electron chi connectivity index (χ4n) is 3.25. The molecule has 0 radical (unpaired) electrons. The molecule has 3 atom stereocenters. The van der Waals surface area contributed by atoms with Crippen molar-refractivity contribution in [3.8, 4) is 0 Å². The topological polar surface area (TPSA) is 97.9 Å². The number of anilines is 1. The number of aromatic nitrogens is 5. The van der Waals surface area contributed by atoms with Gasteiger partial charge in [-0.1, -0.05) is 0 Å². The van der Waals surface area contributed by atoms with Gasteiger partial charge in [-0.15, -0.1) is 0 Å². The van der Waals surface area contributed by atoms with Crippen molar-refractivity contribution in [1.82, 2.24) is 24.3 Å². The summed E-state index contributed by atoms with van der Waals surface area (Å²) in [5.41, 5.74) is 0.717. The van der Waals surface area contributed by atoms with Crippen molar-refractivity contribution < 1.29 is 5.11 Å². The maximum absolute atomic E-state index is 11.8. The summed E-state index contributed by atoms with van der Waals surface area (Å²) in [5.74, 6) is 1.65. The van der Waals surface area contributed by atoms with Crippen molar-refractivity contribution >= 4 is 5.82 Å². The molecule has 1 aliphatic rings. The van der Waals surface area contributed by atoms with Crippen LogP contribution in [-0.4, -0.2) is 42.1 Å². The van der Waals surface area contributed by atoms with Gasteiger partial charge in [-0.25, -0.2) is 14.5 Å². The zero-order chi connectivity index (χ0) is 16.6. The molecule has 124 valence electrons. The van der Waals surface area contributed by atoms with E-state index in [0.717, 1.165) is 17.9 Å². The highest BCUT2D eigenvalue weighted by Crippen LogP contribution is 2.37. The molecule has 0 aromatic carbocycles. The Morgan fingerprint density at radius 3 is 2.78 bits per heavy atom. The summed E-state index contributed by atoms with van der Waals surface area (Å²) in [7, 11) is 3.37. The molecule has 0 amide bonds. The van der Waals surface area contributed by atoms with Gasteiger partial charge in [-0.3, -0.25) is 9.55 Å². The summed E-state index contributed by atoms with van der Waals surface area (Å²) in [5, 5.41) is 17.9. The molecule has 8 heteroatoms.